The molecule has 0 aliphatic carbocycles. The largest absolute Gasteiger partial charge is 0.336 e. The second-order valence-electron chi connectivity index (χ2n) is 4.97. The van der Waals surface area contributed by atoms with E-state index in [-0.39, 0.29) is 18.5 Å². The number of hydrogen-bond acceptors (Lipinski definition) is 5. The van der Waals surface area contributed by atoms with E-state index in [0.717, 1.165) is 16.9 Å². The second-order valence-corrected chi connectivity index (χ2v) is 4.97. The van der Waals surface area contributed by atoms with Crippen LogP contribution in [0, 0.1) is 0 Å². The SMILES string of the molecule is CCc1ccc(-c2nnn(CC(=O)N3CCNC3=O)n2)cc1. The molecule has 114 valence electrons. The Morgan fingerprint density at radius 3 is 2.73 bits per heavy atom. The minimum Gasteiger partial charge on any atom is -0.336 e. The first-order chi connectivity index (χ1) is 10.7. The number of urea groups is 1. The first kappa shape index (κ1) is 14.2. The smallest absolute Gasteiger partial charge is 0.324 e. The maximum atomic E-state index is 12.0. The molecule has 2 heterocycles. The van der Waals surface area contributed by atoms with E-state index >= 15 is 0 Å². The Morgan fingerprint density at radius 1 is 1.32 bits per heavy atom. The molecule has 0 saturated carbocycles. The zero-order valence-electron chi connectivity index (χ0n) is 12.2. The van der Waals surface area contributed by atoms with Gasteiger partial charge < -0.3 is 5.32 Å². The maximum absolute atomic E-state index is 12.0. The first-order valence-electron chi connectivity index (χ1n) is 7.12. The van der Waals surface area contributed by atoms with E-state index in [9.17, 15) is 9.59 Å². The van der Waals surface area contributed by atoms with E-state index in [4.69, 9.17) is 0 Å². The lowest BCUT2D eigenvalue weighted by molar-refractivity contribution is -0.128. The summed E-state index contributed by atoms with van der Waals surface area (Å²) in [7, 11) is 0. The highest BCUT2D eigenvalue weighted by Gasteiger charge is 2.26. The molecule has 8 heteroatoms. The highest BCUT2D eigenvalue weighted by atomic mass is 16.2. The molecule has 0 bridgehead atoms. The summed E-state index contributed by atoms with van der Waals surface area (Å²) in [6.45, 7) is 2.83. The summed E-state index contributed by atoms with van der Waals surface area (Å²) in [6, 6.07) is 7.50. The van der Waals surface area contributed by atoms with Crippen molar-refractivity contribution >= 4 is 11.9 Å². The van der Waals surface area contributed by atoms with Crippen LogP contribution in [-0.4, -0.2) is 50.1 Å². The van der Waals surface area contributed by atoms with Gasteiger partial charge in [-0.2, -0.15) is 4.80 Å². The molecule has 1 N–H and O–H groups in total. The fourth-order valence-corrected chi connectivity index (χ4v) is 2.23. The van der Waals surface area contributed by atoms with Crippen molar-refractivity contribution in [2.45, 2.75) is 19.9 Å². The summed E-state index contributed by atoms with van der Waals surface area (Å²) in [5.74, 6) is 0.113. The number of carbonyl (C=O) groups is 2. The number of imide groups is 1. The van der Waals surface area contributed by atoms with Crippen molar-refractivity contribution < 1.29 is 9.59 Å². The van der Waals surface area contributed by atoms with Gasteiger partial charge in [0.15, 0.2) is 0 Å². The quantitative estimate of drug-likeness (QED) is 0.885. The predicted molar refractivity (Wildman–Crippen MR) is 77.7 cm³/mol. The summed E-state index contributed by atoms with van der Waals surface area (Å²) in [5.41, 5.74) is 2.07. The fourth-order valence-electron chi connectivity index (χ4n) is 2.23. The molecule has 3 rings (SSSR count). The summed E-state index contributed by atoms with van der Waals surface area (Å²) in [4.78, 5) is 25.8. The Labute approximate surface area is 127 Å². The molecule has 3 amide bonds. The molecule has 0 atom stereocenters. The number of rotatable bonds is 4. The summed E-state index contributed by atoms with van der Waals surface area (Å²) in [5, 5.41) is 14.6. The molecule has 8 nitrogen and oxygen atoms in total. The Hall–Kier alpha value is -2.77. The number of tetrazole rings is 1. The molecular weight excluding hydrogens is 284 g/mol. The zero-order chi connectivity index (χ0) is 15.5. The van der Waals surface area contributed by atoms with Gasteiger partial charge in [-0.25, -0.2) is 4.79 Å². The Bertz CT molecular complexity index is 694. The third-order valence-corrected chi connectivity index (χ3v) is 3.51. The van der Waals surface area contributed by atoms with Gasteiger partial charge in [-0.3, -0.25) is 9.69 Å². The molecule has 1 aromatic carbocycles. The van der Waals surface area contributed by atoms with Gasteiger partial charge in [0.1, 0.15) is 6.54 Å². The van der Waals surface area contributed by atoms with Crippen LogP contribution < -0.4 is 5.32 Å². The van der Waals surface area contributed by atoms with Gasteiger partial charge in [0.05, 0.1) is 0 Å². The topological polar surface area (TPSA) is 93.0 Å². The highest BCUT2D eigenvalue weighted by molar-refractivity contribution is 5.95. The Balaban J connectivity index is 1.70. The van der Waals surface area contributed by atoms with Gasteiger partial charge in [-0.05, 0) is 17.2 Å². The van der Waals surface area contributed by atoms with Crippen molar-refractivity contribution in [3.63, 3.8) is 0 Å². The van der Waals surface area contributed by atoms with Gasteiger partial charge in [-0.15, -0.1) is 10.2 Å². The van der Waals surface area contributed by atoms with E-state index in [2.05, 4.69) is 27.7 Å². The van der Waals surface area contributed by atoms with Crippen molar-refractivity contribution in [3.05, 3.63) is 29.8 Å². The maximum Gasteiger partial charge on any atom is 0.324 e. The van der Waals surface area contributed by atoms with E-state index < -0.39 is 0 Å². The number of carbonyl (C=O) groups excluding carboxylic acids is 2. The average molecular weight is 300 g/mol. The summed E-state index contributed by atoms with van der Waals surface area (Å²) in [6.07, 6.45) is 0.965. The number of aromatic nitrogens is 4. The predicted octanol–water partition coefficient (Wildman–Crippen LogP) is 0.454. The molecule has 1 aliphatic heterocycles. The van der Waals surface area contributed by atoms with E-state index in [1.54, 1.807) is 0 Å². The molecule has 0 spiro atoms. The second kappa shape index (κ2) is 5.92. The van der Waals surface area contributed by atoms with Gasteiger partial charge >= 0.3 is 6.03 Å². The Kier molecular flexibility index (Phi) is 3.82. The number of nitrogens with zero attached hydrogens (tertiary/aromatic N) is 5. The lowest BCUT2D eigenvalue weighted by Gasteiger charge is -2.10. The minimum atomic E-state index is -0.375. The standard InChI is InChI=1S/C14H16N6O2/c1-2-10-3-5-11(6-4-10)13-16-18-20(17-13)9-12(21)19-8-7-15-14(19)22/h3-6H,2,7-9H2,1H3,(H,15,22). The molecule has 2 aromatic rings. The van der Waals surface area contributed by atoms with Crippen LogP contribution in [0.2, 0.25) is 0 Å². The van der Waals surface area contributed by atoms with Crippen LogP contribution in [0.5, 0.6) is 0 Å². The number of nitrogens with one attached hydrogen (secondary N) is 1. The molecule has 1 aliphatic rings. The van der Waals surface area contributed by atoms with Crippen LogP contribution >= 0.6 is 0 Å². The number of amides is 3. The lowest BCUT2D eigenvalue weighted by atomic mass is 10.1. The molecule has 0 radical (unpaired) electrons. The molecule has 22 heavy (non-hydrogen) atoms. The van der Waals surface area contributed by atoms with Gasteiger partial charge in [-0.1, -0.05) is 31.2 Å². The number of benzene rings is 1. The molecule has 1 aromatic heterocycles. The highest BCUT2D eigenvalue weighted by Crippen LogP contribution is 2.14. The van der Waals surface area contributed by atoms with Crippen molar-refractivity contribution in [1.29, 1.82) is 0 Å². The molecular formula is C14H16N6O2. The molecule has 1 fully saturated rings. The third-order valence-electron chi connectivity index (χ3n) is 3.51. The van der Waals surface area contributed by atoms with Crippen LogP contribution in [0.15, 0.2) is 24.3 Å². The van der Waals surface area contributed by atoms with Crippen LogP contribution in [0.25, 0.3) is 11.4 Å². The average Bonchev–Trinajstić information content (AvgIpc) is 3.16. The minimum absolute atomic E-state index is 0.104. The van der Waals surface area contributed by atoms with Crippen LogP contribution in [0.4, 0.5) is 4.79 Å². The fraction of sp³-hybridized carbons (Fsp3) is 0.357. The van der Waals surface area contributed by atoms with Crippen molar-refractivity contribution in [1.82, 2.24) is 30.4 Å². The van der Waals surface area contributed by atoms with Crippen LogP contribution in [0.3, 0.4) is 0 Å². The van der Waals surface area contributed by atoms with Gasteiger partial charge in [0, 0.05) is 18.7 Å². The normalized spacial score (nSPS) is 14.2. The number of aryl methyl sites for hydroxylation is 1. The third kappa shape index (κ3) is 2.80. The molecule has 0 unspecified atom stereocenters. The van der Waals surface area contributed by atoms with Crippen LogP contribution in [-0.2, 0) is 17.8 Å². The van der Waals surface area contributed by atoms with E-state index in [0.29, 0.717) is 18.9 Å². The lowest BCUT2D eigenvalue weighted by Crippen LogP contribution is -2.37. The van der Waals surface area contributed by atoms with Crippen LogP contribution in [0.1, 0.15) is 12.5 Å². The van der Waals surface area contributed by atoms with Crippen molar-refractivity contribution in [2.24, 2.45) is 0 Å². The summed E-state index contributed by atoms with van der Waals surface area (Å²) >= 11 is 0. The first-order valence-corrected chi connectivity index (χ1v) is 7.12. The number of hydrogen-bond donors (Lipinski definition) is 1. The van der Waals surface area contributed by atoms with Crippen molar-refractivity contribution in [3.8, 4) is 11.4 Å². The van der Waals surface area contributed by atoms with Gasteiger partial charge in [0.25, 0.3) is 5.91 Å². The molecule has 1 saturated heterocycles. The summed E-state index contributed by atoms with van der Waals surface area (Å²) < 4.78 is 0. The van der Waals surface area contributed by atoms with E-state index in [1.807, 2.05) is 24.3 Å². The Morgan fingerprint density at radius 2 is 2.09 bits per heavy atom. The van der Waals surface area contributed by atoms with E-state index in [1.165, 1.54) is 10.4 Å². The zero-order valence-corrected chi connectivity index (χ0v) is 12.2. The van der Waals surface area contributed by atoms with Crippen molar-refractivity contribution in [2.75, 3.05) is 13.1 Å². The van der Waals surface area contributed by atoms with Gasteiger partial charge in [0.2, 0.25) is 5.82 Å². The monoisotopic (exact) mass is 300 g/mol.